The molecule has 1 heterocycles. The largest absolute Gasteiger partial charge is 0.507 e. The number of aromatic hydroxyl groups is 1. The van der Waals surface area contributed by atoms with E-state index in [0.717, 1.165) is 17.7 Å². The molecule has 0 bridgehead atoms. The maximum absolute atomic E-state index is 12.0. The van der Waals surface area contributed by atoms with Crippen LogP contribution in [0.15, 0.2) is 24.4 Å². The summed E-state index contributed by atoms with van der Waals surface area (Å²) in [6.45, 7) is 2.39. The highest BCUT2D eigenvalue weighted by molar-refractivity contribution is 6.30. The van der Waals surface area contributed by atoms with Gasteiger partial charge >= 0.3 is 0 Å². The fraction of sp³-hybridized carbons (Fsp3) is 0.286. The first-order chi connectivity index (χ1) is 9.51. The van der Waals surface area contributed by atoms with Gasteiger partial charge in [0.25, 0.3) is 5.91 Å². The van der Waals surface area contributed by atoms with E-state index >= 15 is 0 Å². The van der Waals surface area contributed by atoms with Crippen LogP contribution in [-0.4, -0.2) is 20.8 Å². The number of nitrogens with zero attached hydrogens (tertiary/aromatic N) is 2. The number of phenols is 1. The minimum atomic E-state index is -0.343. The number of carbonyl (C=O) groups excluding carboxylic acids is 1. The number of amides is 1. The molecule has 1 amide bonds. The summed E-state index contributed by atoms with van der Waals surface area (Å²) in [6, 6.07) is 4.41. The fourth-order valence-electron chi connectivity index (χ4n) is 2.00. The Hall–Kier alpha value is -2.01. The first-order valence-electron chi connectivity index (χ1n) is 6.29. The molecule has 0 radical (unpaired) electrons. The van der Waals surface area contributed by atoms with E-state index in [1.807, 2.05) is 20.2 Å². The van der Waals surface area contributed by atoms with Crippen molar-refractivity contribution in [2.45, 2.75) is 19.9 Å². The van der Waals surface area contributed by atoms with Gasteiger partial charge in [0.05, 0.1) is 11.3 Å². The van der Waals surface area contributed by atoms with Crippen molar-refractivity contribution < 1.29 is 9.90 Å². The van der Waals surface area contributed by atoms with Gasteiger partial charge in [-0.2, -0.15) is 5.10 Å². The normalized spacial score (nSPS) is 10.6. The Kier molecular flexibility index (Phi) is 4.29. The Bertz CT molecular complexity index is 637. The van der Waals surface area contributed by atoms with Crippen molar-refractivity contribution in [2.75, 3.05) is 0 Å². The summed E-state index contributed by atoms with van der Waals surface area (Å²) in [6.07, 6.45) is 2.68. The molecule has 2 N–H and O–H groups in total. The minimum absolute atomic E-state index is 0.128. The van der Waals surface area contributed by atoms with E-state index in [0.29, 0.717) is 11.6 Å². The zero-order valence-corrected chi connectivity index (χ0v) is 12.1. The number of aromatic nitrogens is 2. The van der Waals surface area contributed by atoms with Crippen LogP contribution in [-0.2, 0) is 20.0 Å². The molecule has 0 aliphatic heterocycles. The third kappa shape index (κ3) is 3.11. The lowest BCUT2D eigenvalue weighted by atomic mass is 10.1. The number of nitrogens with one attached hydrogen (secondary N) is 1. The molecular weight excluding hydrogens is 278 g/mol. The van der Waals surface area contributed by atoms with Crippen LogP contribution >= 0.6 is 11.6 Å². The lowest BCUT2D eigenvalue weighted by Gasteiger charge is -2.07. The van der Waals surface area contributed by atoms with E-state index in [-0.39, 0.29) is 17.2 Å². The quantitative estimate of drug-likeness (QED) is 0.909. The maximum Gasteiger partial charge on any atom is 0.255 e. The molecule has 0 spiro atoms. The Morgan fingerprint density at radius 2 is 2.25 bits per heavy atom. The topological polar surface area (TPSA) is 67.2 Å². The third-order valence-electron chi connectivity index (χ3n) is 2.97. The van der Waals surface area contributed by atoms with Crippen molar-refractivity contribution in [3.05, 3.63) is 46.2 Å². The molecule has 20 heavy (non-hydrogen) atoms. The van der Waals surface area contributed by atoms with Gasteiger partial charge in [0.2, 0.25) is 0 Å². The monoisotopic (exact) mass is 293 g/mol. The molecule has 0 aliphatic carbocycles. The lowest BCUT2D eigenvalue weighted by Crippen LogP contribution is -2.23. The van der Waals surface area contributed by atoms with E-state index in [1.54, 1.807) is 10.7 Å². The Balaban J connectivity index is 2.08. The molecule has 0 unspecified atom stereocenters. The molecule has 1 aromatic carbocycles. The second kappa shape index (κ2) is 5.96. The molecule has 5 nitrogen and oxygen atoms in total. The van der Waals surface area contributed by atoms with Crippen molar-refractivity contribution >= 4 is 17.5 Å². The van der Waals surface area contributed by atoms with Gasteiger partial charge in [0.15, 0.2) is 0 Å². The molecule has 106 valence electrons. The van der Waals surface area contributed by atoms with Crippen LogP contribution in [0.4, 0.5) is 0 Å². The second-order valence-corrected chi connectivity index (χ2v) is 4.91. The third-order valence-corrected chi connectivity index (χ3v) is 3.21. The van der Waals surface area contributed by atoms with E-state index < -0.39 is 0 Å². The van der Waals surface area contributed by atoms with Crippen LogP contribution in [0, 0.1) is 0 Å². The van der Waals surface area contributed by atoms with Crippen LogP contribution in [0.1, 0.15) is 28.5 Å². The van der Waals surface area contributed by atoms with Gasteiger partial charge in [-0.1, -0.05) is 18.5 Å². The van der Waals surface area contributed by atoms with Crippen LogP contribution in [0.5, 0.6) is 5.75 Å². The van der Waals surface area contributed by atoms with E-state index in [2.05, 4.69) is 10.4 Å². The van der Waals surface area contributed by atoms with Crippen molar-refractivity contribution in [1.82, 2.24) is 15.1 Å². The number of rotatable bonds is 4. The number of aryl methyl sites for hydroxylation is 2. The molecule has 2 rings (SSSR count). The zero-order valence-electron chi connectivity index (χ0n) is 11.4. The first-order valence-corrected chi connectivity index (χ1v) is 6.67. The van der Waals surface area contributed by atoms with Crippen molar-refractivity contribution in [2.24, 2.45) is 7.05 Å². The number of halogens is 1. The number of hydrogen-bond donors (Lipinski definition) is 2. The Morgan fingerprint density at radius 1 is 1.50 bits per heavy atom. The van der Waals surface area contributed by atoms with Gasteiger partial charge in [0, 0.05) is 30.4 Å². The maximum atomic E-state index is 12.0. The highest BCUT2D eigenvalue weighted by Gasteiger charge is 2.12. The summed E-state index contributed by atoms with van der Waals surface area (Å²) in [5.74, 6) is -0.470. The summed E-state index contributed by atoms with van der Waals surface area (Å²) in [5.41, 5.74) is 2.13. The molecule has 1 aromatic heterocycles. The number of hydrogen-bond acceptors (Lipinski definition) is 3. The highest BCUT2D eigenvalue weighted by Crippen LogP contribution is 2.21. The van der Waals surface area contributed by atoms with Crippen molar-refractivity contribution in [3.8, 4) is 5.75 Å². The molecule has 0 saturated carbocycles. The number of phenolic OH excluding ortho intramolecular Hbond substituents is 1. The van der Waals surface area contributed by atoms with Gasteiger partial charge in [0.1, 0.15) is 5.75 Å². The minimum Gasteiger partial charge on any atom is -0.507 e. The SMILES string of the molecule is CCc1nn(C)cc1CNC(=O)c1ccc(Cl)cc1O. The van der Waals surface area contributed by atoms with Gasteiger partial charge < -0.3 is 10.4 Å². The van der Waals surface area contributed by atoms with Gasteiger partial charge in [-0.15, -0.1) is 0 Å². The second-order valence-electron chi connectivity index (χ2n) is 4.47. The summed E-state index contributed by atoms with van der Waals surface area (Å²) in [5, 5.41) is 17.2. The average molecular weight is 294 g/mol. The molecule has 0 aliphatic rings. The molecule has 2 aromatic rings. The Morgan fingerprint density at radius 3 is 2.90 bits per heavy atom. The van der Waals surface area contributed by atoms with E-state index in [9.17, 15) is 9.90 Å². The number of benzene rings is 1. The zero-order chi connectivity index (χ0) is 14.7. The van der Waals surface area contributed by atoms with Gasteiger partial charge in [-0.3, -0.25) is 9.48 Å². The first kappa shape index (κ1) is 14.4. The molecule has 0 fully saturated rings. The predicted octanol–water partition coefficient (Wildman–Crippen LogP) is 2.27. The van der Waals surface area contributed by atoms with Gasteiger partial charge in [-0.05, 0) is 24.6 Å². The van der Waals surface area contributed by atoms with E-state index in [1.165, 1.54) is 12.1 Å². The summed E-state index contributed by atoms with van der Waals surface area (Å²) in [7, 11) is 1.84. The summed E-state index contributed by atoms with van der Waals surface area (Å²) < 4.78 is 1.72. The van der Waals surface area contributed by atoms with Crippen LogP contribution in [0.25, 0.3) is 0 Å². The molecular formula is C14H16ClN3O2. The average Bonchev–Trinajstić information content (AvgIpc) is 2.76. The smallest absolute Gasteiger partial charge is 0.255 e. The molecule has 0 atom stereocenters. The fourth-order valence-corrected chi connectivity index (χ4v) is 2.16. The Labute approximate surface area is 122 Å². The predicted molar refractivity (Wildman–Crippen MR) is 76.9 cm³/mol. The van der Waals surface area contributed by atoms with Crippen molar-refractivity contribution in [3.63, 3.8) is 0 Å². The van der Waals surface area contributed by atoms with E-state index in [4.69, 9.17) is 11.6 Å². The van der Waals surface area contributed by atoms with Crippen LogP contribution in [0.3, 0.4) is 0 Å². The summed E-state index contributed by atoms with van der Waals surface area (Å²) in [4.78, 5) is 12.0. The van der Waals surface area contributed by atoms with Crippen LogP contribution < -0.4 is 5.32 Å². The molecule has 6 heteroatoms. The highest BCUT2D eigenvalue weighted by atomic mass is 35.5. The van der Waals surface area contributed by atoms with Crippen LogP contribution in [0.2, 0.25) is 5.02 Å². The van der Waals surface area contributed by atoms with Crippen molar-refractivity contribution in [1.29, 1.82) is 0 Å². The summed E-state index contributed by atoms with van der Waals surface area (Å²) >= 11 is 5.73. The number of carbonyl (C=O) groups is 1. The van der Waals surface area contributed by atoms with Gasteiger partial charge in [-0.25, -0.2) is 0 Å². The molecule has 0 saturated heterocycles. The standard InChI is InChI=1S/C14H16ClN3O2/c1-3-12-9(8-18(2)17-12)7-16-14(20)11-5-4-10(15)6-13(11)19/h4-6,8,19H,3,7H2,1-2H3,(H,16,20). The lowest BCUT2D eigenvalue weighted by molar-refractivity contribution is 0.0948.